The molecule has 1 aliphatic carbocycles. The van der Waals surface area contributed by atoms with Gasteiger partial charge in [-0.1, -0.05) is 19.8 Å². The van der Waals surface area contributed by atoms with Gasteiger partial charge in [-0.25, -0.2) is 0 Å². The average Bonchev–Trinajstić information content (AvgIpc) is 2.39. The van der Waals surface area contributed by atoms with E-state index >= 15 is 0 Å². The van der Waals surface area contributed by atoms with Crippen molar-refractivity contribution in [1.29, 1.82) is 0 Å². The van der Waals surface area contributed by atoms with Crippen LogP contribution in [0.2, 0.25) is 0 Å². The minimum atomic E-state index is -0.0841. The summed E-state index contributed by atoms with van der Waals surface area (Å²) in [5.41, 5.74) is 1.34. The van der Waals surface area contributed by atoms with Gasteiger partial charge >= 0.3 is 0 Å². The van der Waals surface area contributed by atoms with Crippen molar-refractivity contribution >= 4 is 11.6 Å². The number of amides is 1. The zero-order valence-corrected chi connectivity index (χ0v) is 10.7. The van der Waals surface area contributed by atoms with E-state index in [0.29, 0.717) is 17.2 Å². The zero-order valence-electron chi connectivity index (χ0n) is 10.7. The van der Waals surface area contributed by atoms with E-state index in [1.54, 1.807) is 18.5 Å². The van der Waals surface area contributed by atoms with Crippen molar-refractivity contribution in [2.45, 2.75) is 39.2 Å². The van der Waals surface area contributed by atoms with Gasteiger partial charge in [-0.15, -0.1) is 0 Å². The molecule has 1 amide bonds. The summed E-state index contributed by atoms with van der Waals surface area (Å²) in [5, 5.41) is 12.1. The number of hydrogen-bond donors (Lipinski definition) is 2. The Morgan fingerprint density at radius 1 is 1.56 bits per heavy atom. The third-order valence-corrected chi connectivity index (χ3v) is 3.65. The van der Waals surface area contributed by atoms with Crippen LogP contribution in [0, 0.1) is 11.8 Å². The van der Waals surface area contributed by atoms with Gasteiger partial charge in [-0.3, -0.25) is 9.78 Å². The van der Waals surface area contributed by atoms with E-state index in [-0.39, 0.29) is 18.4 Å². The van der Waals surface area contributed by atoms with Gasteiger partial charge in [0.15, 0.2) is 0 Å². The van der Waals surface area contributed by atoms with E-state index in [9.17, 15) is 9.90 Å². The molecule has 2 rings (SSSR count). The predicted molar refractivity (Wildman–Crippen MR) is 69.9 cm³/mol. The van der Waals surface area contributed by atoms with Crippen LogP contribution in [0.1, 0.15) is 38.2 Å². The summed E-state index contributed by atoms with van der Waals surface area (Å²) in [7, 11) is 0. The lowest BCUT2D eigenvalue weighted by Crippen LogP contribution is -2.27. The number of aliphatic hydroxyl groups excluding tert-OH is 1. The number of rotatable bonds is 3. The Morgan fingerprint density at radius 2 is 2.39 bits per heavy atom. The quantitative estimate of drug-likeness (QED) is 0.863. The molecule has 2 unspecified atom stereocenters. The molecular weight excluding hydrogens is 228 g/mol. The normalized spacial score (nSPS) is 23.7. The number of carbonyl (C=O) groups is 1. The Balaban J connectivity index is 2.02. The molecule has 4 heteroatoms. The summed E-state index contributed by atoms with van der Waals surface area (Å²) < 4.78 is 0. The van der Waals surface area contributed by atoms with Crippen LogP contribution < -0.4 is 5.32 Å². The van der Waals surface area contributed by atoms with Gasteiger partial charge in [-0.2, -0.15) is 0 Å². The number of anilines is 1. The summed E-state index contributed by atoms with van der Waals surface area (Å²) in [6, 6.07) is 1.72. The molecule has 1 aliphatic rings. The second-order valence-corrected chi connectivity index (χ2v) is 5.15. The number of carbonyl (C=O) groups excluding carboxylic acids is 1. The highest BCUT2D eigenvalue weighted by Gasteiger charge is 2.25. The monoisotopic (exact) mass is 248 g/mol. The summed E-state index contributed by atoms with van der Waals surface area (Å²) in [6.45, 7) is 2.11. The Labute approximate surface area is 107 Å². The maximum atomic E-state index is 12.2. The van der Waals surface area contributed by atoms with Crippen molar-refractivity contribution in [3.8, 4) is 0 Å². The van der Waals surface area contributed by atoms with E-state index < -0.39 is 0 Å². The Kier molecular flexibility index (Phi) is 4.31. The highest BCUT2D eigenvalue weighted by Crippen LogP contribution is 2.29. The van der Waals surface area contributed by atoms with Crippen molar-refractivity contribution in [1.82, 2.24) is 4.98 Å². The van der Waals surface area contributed by atoms with Gasteiger partial charge < -0.3 is 10.4 Å². The van der Waals surface area contributed by atoms with Gasteiger partial charge in [0.1, 0.15) is 0 Å². The van der Waals surface area contributed by atoms with Crippen LogP contribution in [0.5, 0.6) is 0 Å². The van der Waals surface area contributed by atoms with Crippen LogP contribution in [0.4, 0.5) is 5.69 Å². The van der Waals surface area contributed by atoms with Gasteiger partial charge in [0.2, 0.25) is 5.91 Å². The van der Waals surface area contributed by atoms with Crippen LogP contribution >= 0.6 is 0 Å². The SMILES string of the molecule is CC1CCCC(C(=O)Nc2cnccc2CO)C1. The summed E-state index contributed by atoms with van der Waals surface area (Å²) in [5.74, 6) is 0.783. The first-order valence-corrected chi connectivity index (χ1v) is 6.55. The van der Waals surface area contributed by atoms with Crippen LogP contribution in [0.25, 0.3) is 0 Å². The molecule has 0 spiro atoms. The van der Waals surface area contributed by atoms with Gasteiger partial charge in [0.05, 0.1) is 18.5 Å². The molecule has 2 N–H and O–H groups in total. The number of aliphatic hydroxyl groups is 1. The summed E-state index contributed by atoms with van der Waals surface area (Å²) in [4.78, 5) is 16.1. The number of nitrogens with one attached hydrogen (secondary N) is 1. The molecule has 0 aromatic carbocycles. The number of pyridine rings is 1. The first kappa shape index (κ1) is 13.0. The lowest BCUT2D eigenvalue weighted by Gasteiger charge is -2.26. The molecule has 0 aliphatic heterocycles. The van der Waals surface area contributed by atoms with E-state index in [4.69, 9.17) is 0 Å². The van der Waals surface area contributed by atoms with Crippen molar-refractivity contribution in [3.63, 3.8) is 0 Å². The highest BCUT2D eigenvalue weighted by atomic mass is 16.3. The molecule has 1 aromatic rings. The zero-order chi connectivity index (χ0) is 13.0. The third kappa shape index (κ3) is 3.07. The van der Waals surface area contributed by atoms with Crippen molar-refractivity contribution in [2.24, 2.45) is 11.8 Å². The molecule has 1 aromatic heterocycles. The standard InChI is InChI=1S/C14H20N2O2/c1-10-3-2-4-11(7-10)14(18)16-13-8-15-6-5-12(13)9-17/h5-6,8,10-11,17H,2-4,7,9H2,1H3,(H,16,18). The Morgan fingerprint density at radius 3 is 3.11 bits per heavy atom. The first-order valence-electron chi connectivity index (χ1n) is 6.55. The third-order valence-electron chi connectivity index (χ3n) is 3.65. The molecule has 1 heterocycles. The molecule has 18 heavy (non-hydrogen) atoms. The van der Waals surface area contributed by atoms with Crippen molar-refractivity contribution in [3.05, 3.63) is 24.0 Å². The molecule has 2 atom stereocenters. The number of aromatic nitrogens is 1. The molecule has 98 valence electrons. The largest absolute Gasteiger partial charge is 0.392 e. The Bertz CT molecular complexity index is 420. The van der Waals surface area contributed by atoms with E-state index in [0.717, 1.165) is 19.3 Å². The lowest BCUT2D eigenvalue weighted by molar-refractivity contribution is -0.121. The molecular formula is C14H20N2O2. The van der Waals surface area contributed by atoms with E-state index in [2.05, 4.69) is 17.2 Å². The van der Waals surface area contributed by atoms with E-state index in [1.165, 1.54) is 6.42 Å². The average molecular weight is 248 g/mol. The van der Waals surface area contributed by atoms with Gasteiger partial charge in [0, 0.05) is 17.7 Å². The van der Waals surface area contributed by atoms with Crippen LogP contribution in [-0.4, -0.2) is 16.0 Å². The Hall–Kier alpha value is -1.42. The molecule has 0 saturated heterocycles. The van der Waals surface area contributed by atoms with Crippen LogP contribution in [0.3, 0.4) is 0 Å². The molecule has 1 saturated carbocycles. The smallest absolute Gasteiger partial charge is 0.227 e. The van der Waals surface area contributed by atoms with Gasteiger partial charge in [0.25, 0.3) is 0 Å². The fraction of sp³-hybridized carbons (Fsp3) is 0.571. The summed E-state index contributed by atoms with van der Waals surface area (Å²) in [6.07, 6.45) is 7.47. The minimum Gasteiger partial charge on any atom is -0.392 e. The fourth-order valence-corrected chi connectivity index (χ4v) is 2.58. The van der Waals surface area contributed by atoms with Crippen LogP contribution in [-0.2, 0) is 11.4 Å². The van der Waals surface area contributed by atoms with Crippen LogP contribution in [0.15, 0.2) is 18.5 Å². The first-order chi connectivity index (χ1) is 8.70. The van der Waals surface area contributed by atoms with Crippen molar-refractivity contribution < 1.29 is 9.90 Å². The molecule has 0 bridgehead atoms. The lowest BCUT2D eigenvalue weighted by atomic mass is 9.82. The second kappa shape index (κ2) is 5.96. The molecule has 1 fully saturated rings. The number of nitrogens with zero attached hydrogens (tertiary/aromatic N) is 1. The predicted octanol–water partition coefficient (Wildman–Crippen LogP) is 2.34. The number of hydrogen-bond acceptors (Lipinski definition) is 3. The van der Waals surface area contributed by atoms with E-state index in [1.807, 2.05) is 0 Å². The molecule has 4 nitrogen and oxygen atoms in total. The maximum absolute atomic E-state index is 12.2. The fourth-order valence-electron chi connectivity index (χ4n) is 2.58. The van der Waals surface area contributed by atoms with Crippen molar-refractivity contribution in [2.75, 3.05) is 5.32 Å². The second-order valence-electron chi connectivity index (χ2n) is 5.15. The summed E-state index contributed by atoms with van der Waals surface area (Å²) >= 11 is 0. The molecule has 0 radical (unpaired) electrons. The maximum Gasteiger partial charge on any atom is 0.227 e. The topological polar surface area (TPSA) is 62.2 Å². The van der Waals surface area contributed by atoms with Gasteiger partial charge in [-0.05, 0) is 24.8 Å². The minimum absolute atomic E-state index is 0.0595. The highest BCUT2D eigenvalue weighted by molar-refractivity contribution is 5.93.